The standard InChI is InChI=1S/C26H22ClF3N6O/c27-19-7-4-17-13-20(8-5-16(17)12-19)36-21(14-22(34-36)26(28,29)30)25(37)33-23-9-6-18(15-32-23)24(31)35-10-2-1-3-11-35/h4-9,12-15,31H,1-3,10-11H2,(H,32,33,37). The number of amidine groups is 1. The van der Waals surface area contributed by atoms with Crippen molar-refractivity contribution >= 4 is 39.9 Å². The van der Waals surface area contributed by atoms with Crippen LogP contribution in [0.4, 0.5) is 19.0 Å². The van der Waals surface area contributed by atoms with Gasteiger partial charge in [0.2, 0.25) is 0 Å². The summed E-state index contributed by atoms with van der Waals surface area (Å²) in [6.45, 7) is 1.62. The Labute approximate surface area is 215 Å². The molecule has 0 radical (unpaired) electrons. The van der Waals surface area contributed by atoms with Gasteiger partial charge in [0, 0.05) is 35.9 Å². The largest absolute Gasteiger partial charge is 0.435 e. The van der Waals surface area contributed by atoms with Gasteiger partial charge in [0.15, 0.2) is 5.69 Å². The molecule has 11 heteroatoms. The van der Waals surface area contributed by atoms with E-state index in [0.29, 0.717) is 22.5 Å². The summed E-state index contributed by atoms with van der Waals surface area (Å²) in [5, 5.41) is 16.7. The summed E-state index contributed by atoms with van der Waals surface area (Å²) in [6, 6.07) is 13.9. The number of carbonyl (C=O) groups excluding carboxylic acids is 1. The van der Waals surface area contributed by atoms with Crippen molar-refractivity contribution in [1.82, 2.24) is 19.7 Å². The van der Waals surface area contributed by atoms with Crippen LogP contribution in [0.5, 0.6) is 0 Å². The van der Waals surface area contributed by atoms with Crippen LogP contribution >= 0.6 is 11.6 Å². The third-order valence-corrected chi connectivity index (χ3v) is 6.45. The number of hydrogen-bond acceptors (Lipinski definition) is 4. The van der Waals surface area contributed by atoms with Crippen LogP contribution < -0.4 is 5.32 Å². The van der Waals surface area contributed by atoms with Gasteiger partial charge in [-0.05, 0) is 66.4 Å². The van der Waals surface area contributed by atoms with E-state index in [4.69, 9.17) is 17.0 Å². The molecule has 5 rings (SSSR count). The lowest BCUT2D eigenvalue weighted by Gasteiger charge is -2.28. The summed E-state index contributed by atoms with van der Waals surface area (Å²) in [5.74, 6) is -0.296. The predicted molar refractivity (Wildman–Crippen MR) is 136 cm³/mol. The number of piperidine rings is 1. The van der Waals surface area contributed by atoms with E-state index in [0.717, 1.165) is 47.8 Å². The van der Waals surface area contributed by atoms with E-state index in [2.05, 4.69) is 15.4 Å². The Hall–Kier alpha value is -3.92. The molecule has 190 valence electrons. The molecule has 4 aromatic rings. The summed E-state index contributed by atoms with van der Waals surface area (Å²) in [5.41, 5.74) is -0.603. The fourth-order valence-electron chi connectivity index (χ4n) is 4.30. The number of nitrogens with one attached hydrogen (secondary N) is 2. The molecule has 7 nitrogen and oxygen atoms in total. The van der Waals surface area contributed by atoms with E-state index >= 15 is 0 Å². The van der Waals surface area contributed by atoms with E-state index in [-0.39, 0.29) is 17.2 Å². The van der Waals surface area contributed by atoms with Crippen molar-refractivity contribution in [2.75, 3.05) is 18.4 Å². The van der Waals surface area contributed by atoms with E-state index in [9.17, 15) is 18.0 Å². The fraction of sp³-hybridized carbons (Fsp3) is 0.231. The van der Waals surface area contributed by atoms with Gasteiger partial charge in [-0.25, -0.2) is 9.67 Å². The van der Waals surface area contributed by atoms with Gasteiger partial charge in [-0.15, -0.1) is 0 Å². The Balaban J connectivity index is 1.42. The summed E-state index contributed by atoms with van der Waals surface area (Å²) in [7, 11) is 0. The van der Waals surface area contributed by atoms with Crippen molar-refractivity contribution in [3.05, 3.63) is 82.8 Å². The Morgan fingerprint density at radius 3 is 2.41 bits per heavy atom. The molecule has 3 heterocycles. The van der Waals surface area contributed by atoms with Gasteiger partial charge in [-0.1, -0.05) is 23.7 Å². The molecule has 1 aliphatic rings. The van der Waals surface area contributed by atoms with Crippen LogP contribution in [0.2, 0.25) is 5.02 Å². The maximum Gasteiger partial charge on any atom is 0.435 e. The molecule has 2 N–H and O–H groups in total. The number of carbonyl (C=O) groups is 1. The van der Waals surface area contributed by atoms with E-state index < -0.39 is 17.8 Å². The lowest BCUT2D eigenvalue weighted by molar-refractivity contribution is -0.141. The molecule has 1 saturated heterocycles. The number of likely N-dealkylation sites (tertiary alicyclic amines) is 1. The number of anilines is 1. The monoisotopic (exact) mass is 526 g/mol. The van der Waals surface area contributed by atoms with Crippen LogP contribution in [0.1, 0.15) is 41.0 Å². The minimum Gasteiger partial charge on any atom is -0.357 e. The smallest absolute Gasteiger partial charge is 0.357 e. The molecule has 1 fully saturated rings. The van der Waals surface area contributed by atoms with Gasteiger partial charge in [0.1, 0.15) is 17.3 Å². The molecule has 0 spiro atoms. The number of hydrogen-bond donors (Lipinski definition) is 2. The second-order valence-corrected chi connectivity index (χ2v) is 9.22. The number of rotatable bonds is 4. The molecule has 0 bridgehead atoms. The molecular weight excluding hydrogens is 505 g/mol. The Kier molecular flexibility index (Phi) is 6.59. The molecule has 0 aliphatic carbocycles. The summed E-state index contributed by atoms with van der Waals surface area (Å²) < 4.78 is 41.5. The maximum atomic E-state index is 13.5. The first kappa shape index (κ1) is 24.8. The molecule has 0 unspecified atom stereocenters. The average Bonchev–Trinajstić information content (AvgIpc) is 3.35. The molecule has 37 heavy (non-hydrogen) atoms. The van der Waals surface area contributed by atoms with Gasteiger partial charge in [-0.2, -0.15) is 18.3 Å². The highest BCUT2D eigenvalue weighted by atomic mass is 35.5. The number of pyridine rings is 1. The zero-order valence-corrected chi connectivity index (χ0v) is 20.3. The molecule has 1 amide bonds. The highest BCUT2D eigenvalue weighted by Crippen LogP contribution is 2.31. The van der Waals surface area contributed by atoms with Crippen LogP contribution in [-0.2, 0) is 6.18 Å². The molecule has 0 saturated carbocycles. The van der Waals surface area contributed by atoms with Gasteiger partial charge in [-0.3, -0.25) is 10.2 Å². The van der Waals surface area contributed by atoms with Crippen molar-refractivity contribution < 1.29 is 18.0 Å². The first-order chi connectivity index (χ1) is 17.7. The lowest BCUT2D eigenvalue weighted by atomic mass is 10.1. The quantitative estimate of drug-likeness (QED) is 0.246. The molecule has 1 aliphatic heterocycles. The van der Waals surface area contributed by atoms with E-state index in [1.807, 2.05) is 4.90 Å². The SMILES string of the molecule is N=C(c1ccc(NC(=O)c2cc(C(F)(F)F)nn2-c2ccc3cc(Cl)ccc3c2)nc1)N1CCCCC1. The highest BCUT2D eigenvalue weighted by Gasteiger charge is 2.36. The summed E-state index contributed by atoms with van der Waals surface area (Å²) >= 11 is 6.02. The number of aromatic nitrogens is 3. The van der Waals surface area contributed by atoms with Crippen LogP contribution in [0.15, 0.2) is 60.8 Å². The molecule has 0 atom stereocenters. The topological polar surface area (TPSA) is 86.9 Å². The summed E-state index contributed by atoms with van der Waals surface area (Å²) in [4.78, 5) is 19.3. The van der Waals surface area contributed by atoms with Gasteiger partial charge in [0.25, 0.3) is 5.91 Å². The third-order valence-electron chi connectivity index (χ3n) is 6.21. The number of alkyl halides is 3. The number of nitrogens with zero attached hydrogens (tertiary/aromatic N) is 4. The first-order valence-corrected chi connectivity index (χ1v) is 12.0. The van der Waals surface area contributed by atoms with Gasteiger partial charge < -0.3 is 10.2 Å². The van der Waals surface area contributed by atoms with Crippen LogP contribution in [0, 0.1) is 5.41 Å². The number of benzene rings is 2. The third kappa shape index (κ3) is 5.29. The Morgan fingerprint density at radius 1 is 0.973 bits per heavy atom. The van der Waals surface area contributed by atoms with E-state index in [1.165, 1.54) is 12.3 Å². The second-order valence-electron chi connectivity index (χ2n) is 8.78. The highest BCUT2D eigenvalue weighted by molar-refractivity contribution is 6.31. The summed E-state index contributed by atoms with van der Waals surface area (Å²) in [6.07, 6.45) is -0.0585. The number of halogens is 4. The van der Waals surface area contributed by atoms with Crippen molar-refractivity contribution in [2.45, 2.75) is 25.4 Å². The normalized spacial score (nSPS) is 14.1. The van der Waals surface area contributed by atoms with Crippen LogP contribution in [0.25, 0.3) is 16.5 Å². The minimum atomic E-state index is -4.74. The van der Waals surface area contributed by atoms with Crippen molar-refractivity contribution in [1.29, 1.82) is 5.41 Å². The van der Waals surface area contributed by atoms with Crippen LogP contribution in [0.3, 0.4) is 0 Å². The second kappa shape index (κ2) is 9.85. The molecule has 2 aromatic carbocycles. The van der Waals surface area contributed by atoms with Gasteiger partial charge >= 0.3 is 6.18 Å². The maximum absolute atomic E-state index is 13.5. The zero-order chi connectivity index (χ0) is 26.2. The molecule has 2 aromatic heterocycles. The van der Waals surface area contributed by atoms with Crippen LogP contribution in [-0.4, -0.2) is 44.5 Å². The van der Waals surface area contributed by atoms with Crippen molar-refractivity contribution in [3.63, 3.8) is 0 Å². The molecular formula is C26H22ClF3N6O. The van der Waals surface area contributed by atoms with Crippen molar-refractivity contribution in [3.8, 4) is 5.69 Å². The van der Waals surface area contributed by atoms with E-state index in [1.54, 1.807) is 42.5 Å². The van der Waals surface area contributed by atoms with Crippen molar-refractivity contribution in [2.24, 2.45) is 0 Å². The fourth-order valence-corrected chi connectivity index (χ4v) is 4.48. The average molecular weight is 527 g/mol. The van der Waals surface area contributed by atoms with Gasteiger partial charge in [0.05, 0.1) is 5.69 Å². The predicted octanol–water partition coefficient (Wildman–Crippen LogP) is 6.16. The zero-order valence-electron chi connectivity index (χ0n) is 19.5. The minimum absolute atomic E-state index is 0.148. The number of fused-ring (bicyclic) bond motifs is 1. The Bertz CT molecular complexity index is 1480. The Morgan fingerprint density at radius 2 is 1.70 bits per heavy atom. The first-order valence-electron chi connectivity index (χ1n) is 11.7. The number of amides is 1. The lowest BCUT2D eigenvalue weighted by Crippen LogP contribution is -2.35.